The van der Waals surface area contributed by atoms with Crippen LogP contribution in [0.2, 0.25) is 0 Å². The molecule has 1 aliphatic rings. The Hall–Kier alpha value is -2.24. The number of hydrogen-bond donors (Lipinski definition) is 2. The molecule has 2 rings (SSSR count). The summed E-state index contributed by atoms with van der Waals surface area (Å²) in [5, 5.41) is 15.0. The SMILES string of the molecule is COc1ccc(/C(C)=N/O)c(OCCC(=O)NC2CC2)c1. The maximum Gasteiger partial charge on any atom is 0.223 e. The number of carbonyl (C=O) groups excluding carboxylic acids is 1. The van der Waals surface area contributed by atoms with Crippen LogP contribution in [0.15, 0.2) is 23.4 Å². The highest BCUT2D eigenvalue weighted by molar-refractivity contribution is 6.00. The number of oxime groups is 1. The third kappa shape index (κ3) is 4.37. The lowest BCUT2D eigenvalue weighted by Gasteiger charge is -2.12. The molecule has 21 heavy (non-hydrogen) atoms. The van der Waals surface area contributed by atoms with Crippen LogP contribution in [0, 0.1) is 0 Å². The van der Waals surface area contributed by atoms with Crippen LogP contribution >= 0.6 is 0 Å². The molecule has 1 amide bonds. The van der Waals surface area contributed by atoms with E-state index < -0.39 is 0 Å². The second kappa shape index (κ2) is 6.97. The fraction of sp³-hybridized carbons (Fsp3) is 0.467. The van der Waals surface area contributed by atoms with E-state index in [9.17, 15) is 4.79 Å². The Morgan fingerprint density at radius 1 is 1.48 bits per heavy atom. The van der Waals surface area contributed by atoms with E-state index in [0.29, 0.717) is 35.2 Å². The van der Waals surface area contributed by atoms with Gasteiger partial charge in [0.25, 0.3) is 0 Å². The fourth-order valence-corrected chi connectivity index (χ4v) is 1.88. The number of nitrogens with zero attached hydrogens (tertiary/aromatic N) is 1. The maximum absolute atomic E-state index is 11.6. The highest BCUT2D eigenvalue weighted by Crippen LogP contribution is 2.26. The van der Waals surface area contributed by atoms with Crippen LogP contribution in [0.4, 0.5) is 0 Å². The molecule has 0 atom stereocenters. The van der Waals surface area contributed by atoms with Gasteiger partial charge in [-0.05, 0) is 31.9 Å². The maximum atomic E-state index is 11.6. The van der Waals surface area contributed by atoms with Crippen molar-refractivity contribution in [3.05, 3.63) is 23.8 Å². The zero-order valence-corrected chi connectivity index (χ0v) is 12.3. The quantitative estimate of drug-likeness (QED) is 0.457. The molecule has 0 radical (unpaired) electrons. The second-order valence-corrected chi connectivity index (χ2v) is 4.99. The Morgan fingerprint density at radius 2 is 2.24 bits per heavy atom. The Kier molecular flexibility index (Phi) is 5.03. The van der Waals surface area contributed by atoms with E-state index in [4.69, 9.17) is 14.7 Å². The molecule has 114 valence electrons. The highest BCUT2D eigenvalue weighted by atomic mass is 16.5. The van der Waals surface area contributed by atoms with Gasteiger partial charge < -0.3 is 20.0 Å². The predicted molar refractivity (Wildman–Crippen MR) is 78.3 cm³/mol. The average molecular weight is 292 g/mol. The van der Waals surface area contributed by atoms with Crippen molar-refractivity contribution in [2.75, 3.05) is 13.7 Å². The van der Waals surface area contributed by atoms with Gasteiger partial charge in [-0.2, -0.15) is 0 Å². The van der Waals surface area contributed by atoms with Crippen molar-refractivity contribution < 1.29 is 19.5 Å². The lowest BCUT2D eigenvalue weighted by molar-refractivity contribution is -0.121. The van der Waals surface area contributed by atoms with E-state index in [1.165, 1.54) is 0 Å². The topological polar surface area (TPSA) is 80.2 Å². The monoisotopic (exact) mass is 292 g/mol. The van der Waals surface area contributed by atoms with E-state index in [1.807, 2.05) is 0 Å². The summed E-state index contributed by atoms with van der Waals surface area (Å²) in [5.74, 6) is 1.17. The van der Waals surface area contributed by atoms with E-state index in [0.717, 1.165) is 12.8 Å². The van der Waals surface area contributed by atoms with Crippen molar-refractivity contribution in [2.24, 2.45) is 5.16 Å². The molecule has 1 aliphatic carbocycles. The van der Waals surface area contributed by atoms with Gasteiger partial charge in [0, 0.05) is 17.7 Å². The fourth-order valence-electron chi connectivity index (χ4n) is 1.88. The van der Waals surface area contributed by atoms with Crippen LogP contribution in [0.5, 0.6) is 11.5 Å². The minimum atomic E-state index is -0.00510. The summed E-state index contributed by atoms with van der Waals surface area (Å²) in [6.45, 7) is 1.94. The third-order valence-electron chi connectivity index (χ3n) is 3.26. The van der Waals surface area contributed by atoms with Crippen LogP contribution in [0.25, 0.3) is 0 Å². The minimum Gasteiger partial charge on any atom is -0.497 e. The molecule has 0 saturated heterocycles. The molecule has 1 aromatic rings. The summed E-state index contributed by atoms with van der Waals surface area (Å²) >= 11 is 0. The van der Waals surface area contributed by atoms with Crippen LogP contribution in [-0.4, -0.2) is 36.6 Å². The zero-order chi connectivity index (χ0) is 15.2. The number of carbonyl (C=O) groups is 1. The summed E-state index contributed by atoms with van der Waals surface area (Å²) in [6, 6.07) is 5.58. The van der Waals surface area contributed by atoms with Crippen LogP contribution in [0.1, 0.15) is 31.7 Å². The molecule has 2 N–H and O–H groups in total. The highest BCUT2D eigenvalue weighted by Gasteiger charge is 2.23. The number of hydrogen-bond acceptors (Lipinski definition) is 5. The number of benzene rings is 1. The van der Waals surface area contributed by atoms with Crippen LogP contribution in [-0.2, 0) is 4.79 Å². The molecule has 0 spiro atoms. The summed E-state index contributed by atoms with van der Waals surface area (Å²) in [5.41, 5.74) is 1.11. The first-order valence-corrected chi connectivity index (χ1v) is 6.93. The van der Waals surface area contributed by atoms with Gasteiger partial charge in [-0.3, -0.25) is 4.79 Å². The summed E-state index contributed by atoms with van der Waals surface area (Å²) in [6.07, 6.45) is 2.43. The first-order valence-electron chi connectivity index (χ1n) is 6.93. The molecular weight excluding hydrogens is 272 g/mol. The Labute approximate surface area is 123 Å². The van der Waals surface area contributed by atoms with Gasteiger partial charge in [-0.25, -0.2) is 0 Å². The Morgan fingerprint density at radius 3 is 2.86 bits per heavy atom. The minimum absolute atomic E-state index is 0.00510. The normalized spacial score (nSPS) is 14.7. The van der Waals surface area contributed by atoms with Crippen molar-refractivity contribution in [2.45, 2.75) is 32.2 Å². The molecule has 6 heteroatoms. The van der Waals surface area contributed by atoms with Crippen molar-refractivity contribution in [1.82, 2.24) is 5.32 Å². The van der Waals surface area contributed by atoms with E-state index in [-0.39, 0.29) is 12.5 Å². The lowest BCUT2D eigenvalue weighted by atomic mass is 10.1. The molecule has 0 heterocycles. The third-order valence-corrected chi connectivity index (χ3v) is 3.26. The number of ether oxygens (including phenoxy) is 2. The van der Waals surface area contributed by atoms with E-state index in [1.54, 1.807) is 32.2 Å². The molecule has 1 aromatic carbocycles. The first-order chi connectivity index (χ1) is 10.1. The van der Waals surface area contributed by atoms with E-state index >= 15 is 0 Å². The Bertz CT molecular complexity index is 538. The van der Waals surface area contributed by atoms with Crippen molar-refractivity contribution >= 4 is 11.6 Å². The average Bonchev–Trinajstić information content (AvgIpc) is 3.30. The number of amides is 1. The molecule has 0 aromatic heterocycles. The molecule has 1 fully saturated rings. The van der Waals surface area contributed by atoms with Crippen LogP contribution in [0.3, 0.4) is 0 Å². The van der Waals surface area contributed by atoms with Gasteiger partial charge in [-0.15, -0.1) is 0 Å². The summed E-state index contributed by atoms with van der Waals surface area (Å²) in [7, 11) is 1.56. The van der Waals surface area contributed by atoms with Crippen molar-refractivity contribution in [3.63, 3.8) is 0 Å². The van der Waals surface area contributed by atoms with Crippen molar-refractivity contribution in [1.29, 1.82) is 0 Å². The van der Waals surface area contributed by atoms with Gasteiger partial charge in [0.15, 0.2) is 0 Å². The summed E-state index contributed by atoms with van der Waals surface area (Å²) < 4.78 is 10.8. The molecule has 1 saturated carbocycles. The molecule has 0 unspecified atom stereocenters. The smallest absolute Gasteiger partial charge is 0.223 e. The zero-order valence-electron chi connectivity index (χ0n) is 12.3. The van der Waals surface area contributed by atoms with Crippen LogP contribution < -0.4 is 14.8 Å². The second-order valence-electron chi connectivity index (χ2n) is 4.99. The molecular formula is C15H20N2O4. The molecule has 0 aliphatic heterocycles. The van der Waals surface area contributed by atoms with E-state index in [2.05, 4.69) is 10.5 Å². The summed E-state index contributed by atoms with van der Waals surface area (Å²) in [4.78, 5) is 11.6. The lowest BCUT2D eigenvalue weighted by Crippen LogP contribution is -2.26. The largest absolute Gasteiger partial charge is 0.497 e. The molecule has 6 nitrogen and oxygen atoms in total. The van der Waals surface area contributed by atoms with Gasteiger partial charge in [-0.1, -0.05) is 5.16 Å². The standard InChI is InChI=1S/C15H20N2O4/c1-10(17-19)13-6-5-12(20-2)9-14(13)21-8-7-15(18)16-11-3-4-11/h5-6,9,11,19H,3-4,7-8H2,1-2H3,(H,16,18)/b17-10+. The Balaban J connectivity index is 1.97. The van der Waals surface area contributed by atoms with Gasteiger partial charge in [0.1, 0.15) is 11.5 Å². The first kappa shape index (κ1) is 15.2. The van der Waals surface area contributed by atoms with Gasteiger partial charge in [0.05, 0.1) is 25.8 Å². The number of rotatable bonds is 7. The number of methoxy groups -OCH3 is 1. The predicted octanol–water partition coefficient (Wildman–Crippen LogP) is 1.94. The van der Waals surface area contributed by atoms with Gasteiger partial charge >= 0.3 is 0 Å². The van der Waals surface area contributed by atoms with Gasteiger partial charge in [0.2, 0.25) is 5.91 Å². The molecule has 0 bridgehead atoms. The van der Waals surface area contributed by atoms with Crippen molar-refractivity contribution in [3.8, 4) is 11.5 Å². The number of nitrogens with one attached hydrogen (secondary N) is 1.